The van der Waals surface area contributed by atoms with Gasteiger partial charge in [-0.05, 0) is 24.7 Å². The van der Waals surface area contributed by atoms with Crippen molar-refractivity contribution in [2.24, 2.45) is 5.41 Å². The standard InChI is InChI=1S/C17H30N4/c1-6-10-18-13-11-14(19-12-17(5)8-7-9-17)21-15(20-13)16(2,3)4/h11H,6-10,12H2,1-5H3,(H2,18,19,20,21). The summed E-state index contributed by atoms with van der Waals surface area (Å²) in [6.07, 6.45) is 5.09. The first-order valence-electron chi connectivity index (χ1n) is 8.20. The van der Waals surface area contributed by atoms with Crippen LogP contribution in [-0.4, -0.2) is 23.1 Å². The first kappa shape index (κ1) is 16.1. The van der Waals surface area contributed by atoms with Gasteiger partial charge in [-0.25, -0.2) is 9.97 Å². The van der Waals surface area contributed by atoms with E-state index in [2.05, 4.69) is 50.2 Å². The van der Waals surface area contributed by atoms with Gasteiger partial charge in [-0.2, -0.15) is 0 Å². The van der Waals surface area contributed by atoms with Crippen LogP contribution in [0.2, 0.25) is 0 Å². The summed E-state index contributed by atoms with van der Waals surface area (Å²) < 4.78 is 0. The minimum Gasteiger partial charge on any atom is -0.370 e. The monoisotopic (exact) mass is 290 g/mol. The summed E-state index contributed by atoms with van der Waals surface area (Å²) in [6.45, 7) is 12.9. The molecule has 0 spiro atoms. The third kappa shape index (κ3) is 4.32. The minimum absolute atomic E-state index is 0.0410. The SMILES string of the molecule is CCCNc1cc(NCC2(C)CCC2)nc(C(C)(C)C)n1. The van der Waals surface area contributed by atoms with E-state index in [1.54, 1.807) is 0 Å². The number of rotatable bonds is 6. The summed E-state index contributed by atoms with van der Waals surface area (Å²) >= 11 is 0. The summed E-state index contributed by atoms with van der Waals surface area (Å²) in [7, 11) is 0. The van der Waals surface area contributed by atoms with Crippen molar-refractivity contribution >= 4 is 11.6 Å². The molecular weight excluding hydrogens is 260 g/mol. The molecule has 0 atom stereocenters. The number of aromatic nitrogens is 2. The van der Waals surface area contributed by atoms with E-state index >= 15 is 0 Å². The highest BCUT2D eigenvalue weighted by Crippen LogP contribution is 2.40. The lowest BCUT2D eigenvalue weighted by atomic mass is 9.70. The van der Waals surface area contributed by atoms with Crippen molar-refractivity contribution < 1.29 is 0 Å². The molecule has 1 aromatic heterocycles. The van der Waals surface area contributed by atoms with Crippen LogP contribution in [0.5, 0.6) is 0 Å². The van der Waals surface area contributed by atoms with Gasteiger partial charge >= 0.3 is 0 Å². The predicted molar refractivity (Wildman–Crippen MR) is 90.0 cm³/mol. The molecule has 0 saturated heterocycles. The van der Waals surface area contributed by atoms with Crippen LogP contribution < -0.4 is 10.6 Å². The molecule has 0 aliphatic heterocycles. The topological polar surface area (TPSA) is 49.8 Å². The Morgan fingerprint density at radius 3 is 2.24 bits per heavy atom. The van der Waals surface area contributed by atoms with Crippen LogP contribution in [0.25, 0.3) is 0 Å². The Hall–Kier alpha value is -1.32. The van der Waals surface area contributed by atoms with E-state index in [9.17, 15) is 0 Å². The molecule has 4 heteroatoms. The zero-order valence-electron chi connectivity index (χ0n) is 14.2. The zero-order valence-corrected chi connectivity index (χ0v) is 14.2. The van der Waals surface area contributed by atoms with E-state index in [4.69, 9.17) is 4.98 Å². The predicted octanol–water partition coefficient (Wildman–Crippen LogP) is 4.20. The molecule has 2 rings (SSSR count). The lowest BCUT2D eigenvalue weighted by Gasteiger charge is -2.38. The third-order valence-corrected chi connectivity index (χ3v) is 4.21. The van der Waals surface area contributed by atoms with Gasteiger partial charge in [0.1, 0.15) is 17.5 Å². The van der Waals surface area contributed by atoms with Crippen molar-refractivity contribution in [2.45, 2.75) is 65.7 Å². The molecule has 0 aromatic carbocycles. The molecule has 0 unspecified atom stereocenters. The van der Waals surface area contributed by atoms with Crippen LogP contribution in [0.1, 0.15) is 66.1 Å². The van der Waals surface area contributed by atoms with E-state index in [-0.39, 0.29) is 5.41 Å². The number of hydrogen-bond acceptors (Lipinski definition) is 4. The fourth-order valence-corrected chi connectivity index (χ4v) is 2.48. The molecule has 0 bridgehead atoms. The fourth-order valence-electron chi connectivity index (χ4n) is 2.48. The van der Waals surface area contributed by atoms with Gasteiger partial charge in [0.05, 0.1) is 0 Å². The minimum atomic E-state index is -0.0410. The quantitative estimate of drug-likeness (QED) is 0.824. The Labute approximate surface area is 129 Å². The summed E-state index contributed by atoms with van der Waals surface area (Å²) in [5.74, 6) is 2.77. The van der Waals surface area contributed by atoms with Gasteiger partial charge in [0.15, 0.2) is 0 Å². The number of nitrogens with one attached hydrogen (secondary N) is 2. The van der Waals surface area contributed by atoms with E-state index in [1.807, 2.05) is 6.07 Å². The van der Waals surface area contributed by atoms with Gasteiger partial charge in [-0.1, -0.05) is 41.0 Å². The van der Waals surface area contributed by atoms with Crippen molar-refractivity contribution in [1.82, 2.24) is 9.97 Å². The van der Waals surface area contributed by atoms with Crippen LogP contribution in [0.15, 0.2) is 6.07 Å². The Morgan fingerprint density at radius 1 is 1.14 bits per heavy atom. The van der Waals surface area contributed by atoms with Crippen LogP contribution >= 0.6 is 0 Å². The summed E-state index contributed by atoms with van der Waals surface area (Å²) in [5, 5.41) is 6.91. The van der Waals surface area contributed by atoms with Crippen LogP contribution in [-0.2, 0) is 5.41 Å². The Bertz CT molecular complexity index is 472. The second-order valence-corrected chi connectivity index (χ2v) is 7.66. The maximum absolute atomic E-state index is 4.71. The fraction of sp³-hybridized carbons (Fsp3) is 0.765. The molecule has 0 radical (unpaired) electrons. The zero-order chi connectivity index (χ0) is 15.5. The molecular formula is C17H30N4. The first-order chi connectivity index (χ1) is 9.82. The molecule has 118 valence electrons. The Kier molecular flexibility index (Phi) is 4.74. The average Bonchev–Trinajstić information content (AvgIpc) is 2.39. The van der Waals surface area contributed by atoms with Gasteiger partial charge < -0.3 is 10.6 Å². The molecule has 4 nitrogen and oxygen atoms in total. The highest BCUT2D eigenvalue weighted by molar-refractivity contribution is 5.48. The summed E-state index contributed by atoms with van der Waals surface area (Å²) in [4.78, 5) is 9.37. The number of hydrogen-bond donors (Lipinski definition) is 2. The van der Waals surface area contributed by atoms with Crippen LogP contribution in [0, 0.1) is 5.41 Å². The smallest absolute Gasteiger partial charge is 0.138 e. The molecule has 1 aromatic rings. The van der Waals surface area contributed by atoms with Crippen molar-refractivity contribution in [2.75, 3.05) is 23.7 Å². The van der Waals surface area contributed by atoms with Crippen molar-refractivity contribution in [3.63, 3.8) is 0 Å². The Balaban J connectivity index is 2.14. The van der Waals surface area contributed by atoms with Gasteiger partial charge in [-0.15, -0.1) is 0 Å². The number of nitrogens with zero attached hydrogens (tertiary/aromatic N) is 2. The summed E-state index contributed by atoms with van der Waals surface area (Å²) in [5.41, 5.74) is 0.407. The molecule has 0 amide bonds. The van der Waals surface area contributed by atoms with Crippen LogP contribution in [0.4, 0.5) is 11.6 Å². The van der Waals surface area contributed by atoms with E-state index in [1.165, 1.54) is 19.3 Å². The van der Waals surface area contributed by atoms with Gasteiger partial charge in [0.25, 0.3) is 0 Å². The normalized spacial score (nSPS) is 17.2. The third-order valence-electron chi connectivity index (χ3n) is 4.21. The maximum atomic E-state index is 4.71. The molecule has 1 aliphatic rings. The molecule has 2 N–H and O–H groups in total. The van der Waals surface area contributed by atoms with E-state index in [0.717, 1.165) is 37.0 Å². The largest absolute Gasteiger partial charge is 0.370 e. The maximum Gasteiger partial charge on any atom is 0.138 e. The van der Waals surface area contributed by atoms with E-state index in [0.29, 0.717) is 5.41 Å². The summed E-state index contributed by atoms with van der Waals surface area (Å²) in [6, 6.07) is 2.03. The van der Waals surface area contributed by atoms with E-state index < -0.39 is 0 Å². The molecule has 21 heavy (non-hydrogen) atoms. The second-order valence-electron chi connectivity index (χ2n) is 7.66. The molecule has 1 fully saturated rings. The van der Waals surface area contributed by atoms with Crippen molar-refractivity contribution in [3.8, 4) is 0 Å². The van der Waals surface area contributed by atoms with Crippen molar-refractivity contribution in [1.29, 1.82) is 0 Å². The Morgan fingerprint density at radius 2 is 1.76 bits per heavy atom. The molecule has 1 saturated carbocycles. The average molecular weight is 290 g/mol. The number of anilines is 2. The highest BCUT2D eigenvalue weighted by atomic mass is 15.1. The lowest BCUT2D eigenvalue weighted by molar-refractivity contribution is 0.180. The highest BCUT2D eigenvalue weighted by Gasteiger charge is 2.31. The first-order valence-corrected chi connectivity index (χ1v) is 8.20. The second kappa shape index (κ2) is 6.20. The van der Waals surface area contributed by atoms with Gasteiger partial charge in [0.2, 0.25) is 0 Å². The van der Waals surface area contributed by atoms with Crippen molar-refractivity contribution in [3.05, 3.63) is 11.9 Å². The molecule has 1 aliphatic carbocycles. The lowest BCUT2D eigenvalue weighted by Crippen LogP contribution is -2.33. The van der Waals surface area contributed by atoms with Gasteiger partial charge in [-0.3, -0.25) is 0 Å². The van der Waals surface area contributed by atoms with Crippen LogP contribution in [0.3, 0.4) is 0 Å². The molecule has 1 heterocycles. The van der Waals surface area contributed by atoms with Gasteiger partial charge in [0, 0.05) is 24.6 Å².